The molecule has 1 unspecified atom stereocenters. The Morgan fingerprint density at radius 2 is 1.87 bits per heavy atom. The van der Waals surface area contributed by atoms with Gasteiger partial charge in [0.2, 0.25) is 0 Å². The zero-order valence-electron chi connectivity index (χ0n) is 28.1. The Labute approximate surface area is 286 Å². The summed E-state index contributed by atoms with van der Waals surface area (Å²) in [5, 5.41) is 12.4. The number of ether oxygens (including phenoxy) is 1. The molecule has 2 N–H and O–H groups in total. The van der Waals surface area contributed by atoms with Crippen LogP contribution in [0.15, 0.2) is 36.4 Å². The fraction of sp³-hybridized carbons (Fsp3) is 0.632. The van der Waals surface area contributed by atoms with Crippen molar-refractivity contribution in [3.63, 3.8) is 0 Å². The monoisotopic (exact) mass is 681 g/mol. The molecule has 1 saturated heterocycles. The van der Waals surface area contributed by atoms with Crippen molar-refractivity contribution < 1.29 is 18.8 Å². The van der Waals surface area contributed by atoms with Crippen molar-refractivity contribution in [3.05, 3.63) is 58.1 Å². The minimum absolute atomic E-state index is 0.0601. The first kappa shape index (κ1) is 33.2. The number of aliphatic hydroxyl groups excluding tert-OH is 1. The molecule has 8 atom stereocenters. The maximum absolute atomic E-state index is 14.1. The van der Waals surface area contributed by atoms with Crippen LogP contribution in [0.3, 0.4) is 0 Å². The van der Waals surface area contributed by atoms with Crippen LogP contribution in [0.2, 0.25) is 5.02 Å². The first-order chi connectivity index (χ1) is 22.5. The molecule has 9 heteroatoms. The highest BCUT2D eigenvalue weighted by atomic mass is 35.5. The molecule has 2 aromatic carbocycles. The third kappa shape index (κ3) is 6.56. The number of carbonyl (C=O) groups excluding carboxylic acids is 1. The van der Waals surface area contributed by atoms with Gasteiger partial charge in [0.1, 0.15) is 5.75 Å². The van der Waals surface area contributed by atoms with Crippen molar-refractivity contribution in [2.24, 2.45) is 17.8 Å². The van der Waals surface area contributed by atoms with Gasteiger partial charge in [-0.15, -0.1) is 0 Å². The summed E-state index contributed by atoms with van der Waals surface area (Å²) in [5.41, 5.74) is 3.74. The van der Waals surface area contributed by atoms with Gasteiger partial charge in [0, 0.05) is 40.4 Å². The van der Waals surface area contributed by atoms with Gasteiger partial charge in [-0.2, -0.15) is 0 Å². The average Bonchev–Trinajstić information content (AvgIpc) is 3.18. The molecule has 47 heavy (non-hydrogen) atoms. The smallest absolute Gasteiger partial charge is 0.262 e. The summed E-state index contributed by atoms with van der Waals surface area (Å²) in [6.07, 6.45) is 9.96. The van der Waals surface area contributed by atoms with E-state index in [1.807, 2.05) is 25.1 Å². The Hall–Kier alpha value is -2.26. The van der Waals surface area contributed by atoms with Crippen LogP contribution in [0.1, 0.15) is 93.1 Å². The maximum Gasteiger partial charge on any atom is 0.262 e. The molecular weight excluding hydrogens is 630 g/mol. The summed E-state index contributed by atoms with van der Waals surface area (Å²) in [4.78, 5) is 18.8. The molecule has 2 aliphatic carbocycles. The minimum Gasteiger partial charge on any atom is -0.490 e. The molecule has 3 aliphatic heterocycles. The van der Waals surface area contributed by atoms with Gasteiger partial charge < -0.3 is 19.6 Å². The van der Waals surface area contributed by atoms with Crippen LogP contribution >= 0.6 is 11.6 Å². The number of hydrogen-bond acceptors (Lipinski definition) is 6. The number of piperidine rings is 1. The van der Waals surface area contributed by atoms with Crippen LogP contribution in [-0.4, -0.2) is 76.2 Å². The van der Waals surface area contributed by atoms with Crippen molar-refractivity contribution in [2.45, 2.75) is 101 Å². The molecule has 5 aliphatic rings. The van der Waals surface area contributed by atoms with E-state index in [-0.39, 0.29) is 40.6 Å². The lowest BCUT2D eigenvalue weighted by molar-refractivity contribution is -0.0128. The average molecular weight is 682 g/mol. The quantitative estimate of drug-likeness (QED) is 0.347. The number of aryl methyl sites for hydroxylation is 1. The lowest BCUT2D eigenvalue weighted by Crippen LogP contribution is -2.51. The summed E-state index contributed by atoms with van der Waals surface area (Å²) >= 11 is 6.46. The number of aliphatic hydroxyl groups is 1. The molecule has 1 spiro atoms. The van der Waals surface area contributed by atoms with E-state index in [0.717, 1.165) is 87.6 Å². The second kappa shape index (κ2) is 13.2. The lowest BCUT2D eigenvalue weighted by atomic mass is 9.67. The van der Waals surface area contributed by atoms with Gasteiger partial charge in [-0.25, -0.2) is 4.21 Å². The largest absolute Gasteiger partial charge is 0.490 e. The topological polar surface area (TPSA) is 82.1 Å². The van der Waals surface area contributed by atoms with E-state index in [2.05, 4.69) is 39.4 Å². The molecule has 7 rings (SSSR count). The van der Waals surface area contributed by atoms with E-state index >= 15 is 0 Å². The lowest BCUT2D eigenvalue weighted by Gasteiger charge is -2.47. The molecule has 3 heterocycles. The zero-order valence-corrected chi connectivity index (χ0v) is 29.7. The standard InChI is InChI=1S/C38H52ClN3O4S/c1-25-18-31(41-16-5-4-6-17-41)21-35(43)32-12-9-29(32)22-42-23-38(15-7-8-27-19-30(39)11-13-33(27)38)24-46-36-14-10-28(20-34(36)42)37(44)40-47(3,45)26(25)2/h10-11,13-14,19-20,25-26,29,31-32,35,43H,3-9,12,15-18,21-24H2,1-2H3,(H,40,44,45)/t25-,26+,29-,31-,32+,35+,38-,47?/m0/s1. The van der Waals surface area contributed by atoms with Crippen molar-refractivity contribution in [1.29, 1.82) is 0 Å². The highest BCUT2D eigenvalue weighted by molar-refractivity contribution is 7.99. The number of nitrogens with zero attached hydrogens (tertiary/aromatic N) is 2. The predicted octanol–water partition coefficient (Wildman–Crippen LogP) is 6.23. The number of amides is 1. The van der Waals surface area contributed by atoms with E-state index in [1.165, 1.54) is 30.4 Å². The Morgan fingerprint density at radius 3 is 2.64 bits per heavy atom. The van der Waals surface area contributed by atoms with Crippen molar-refractivity contribution in [1.82, 2.24) is 9.62 Å². The van der Waals surface area contributed by atoms with Crippen molar-refractivity contribution in [3.8, 4) is 5.75 Å². The van der Waals surface area contributed by atoms with Crippen LogP contribution in [-0.2, 0) is 21.5 Å². The SMILES string of the molecule is C=S1(=O)NC(=O)c2ccc3c(c2)N(C[C@@H]2CC[C@H]2[C@H](O)C[C@@H](N2CCCCC2)C[C@H](C)[C@H]1C)C[C@@]1(CCCc2cc(Cl)ccc21)CO3. The second-order valence-electron chi connectivity index (χ2n) is 15.4. The van der Waals surface area contributed by atoms with E-state index in [0.29, 0.717) is 18.1 Å². The number of hydrogen-bond donors (Lipinski definition) is 2. The second-order valence-corrected chi connectivity index (χ2v) is 18.3. The van der Waals surface area contributed by atoms with Crippen LogP contribution in [0.4, 0.5) is 5.69 Å². The van der Waals surface area contributed by atoms with Gasteiger partial charge >= 0.3 is 0 Å². The number of likely N-dealkylation sites (tertiary alicyclic amines) is 1. The number of fused-ring (bicyclic) bond motifs is 4. The summed E-state index contributed by atoms with van der Waals surface area (Å²) in [6.45, 7) is 8.28. The molecule has 1 saturated carbocycles. The molecule has 2 fully saturated rings. The van der Waals surface area contributed by atoms with Crippen LogP contribution in [0.5, 0.6) is 5.75 Å². The number of anilines is 1. The van der Waals surface area contributed by atoms with Crippen LogP contribution in [0, 0.1) is 17.8 Å². The fourth-order valence-corrected chi connectivity index (χ4v) is 11.0. The number of carbonyl (C=O) groups is 1. The molecule has 2 bridgehead atoms. The van der Waals surface area contributed by atoms with Gasteiger partial charge in [0.25, 0.3) is 5.91 Å². The molecule has 2 aromatic rings. The molecule has 1 amide bonds. The third-order valence-electron chi connectivity index (χ3n) is 12.5. The Balaban J connectivity index is 1.27. The normalized spacial score (nSPS) is 36.7. The molecular formula is C38H52ClN3O4S. The van der Waals surface area contributed by atoms with Crippen LogP contribution < -0.4 is 14.4 Å². The van der Waals surface area contributed by atoms with Crippen molar-refractivity contribution in [2.75, 3.05) is 37.7 Å². The van der Waals surface area contributed by atoms with Crippen LogP contribution in [0.25, 0.3) is 0 Å². The third-order valence-corrected chi connectivity index (χ3v) is 14.9. The van der Waals surface area contributed by atoms with Crippen molar-refractivity contribution >= 4 is 38.8 Å². The maximum atomic E-state index is 14.1. The summed E-state index contributed by atoms with van der Waals surface area (Å²) < 4.78 is 23.6. The predicted molar refractivity (Wildman–Crippen MR) is 192 cm³/mol. The Bertz CT molecular complexity index is 1590. The summed E-state index contributed by atoms with van der Waals surface area (Å²) in [6, 6.07) is 12.1. The van der Waals surface area contributed by atoms with Gasteiger partial charge in [0.15, 0.2) is 0 Å². The first-order valence-electron chi connectivity index (χ1n) is 17.9. The number of nitrogens with one attached hydrogen (secondary N) is 1. The van der Waals surface area contributed by atoms with Gasteiger partial charge in [0.05, 0.1) is 28.1 Å². The molecule has 256 valence electrons. The Morgan fingerprint density at radius 1 is 1.06 bits per heavy atom. The van der Waals surface area contributed by atoms with E-state index in [9.17, 15) is 14.1 Å². The molecule has 0 radical (unpaired) electrons. The number of halogens is 1. The van der Waals surface area contributed by atoms with E-state index in [1.54, 1.807) is 6.07 Å². The minimum atomic E-state index is -2.95. The summed E-state index contributed by atoms with van der Waals surface area (Å²) in [5.74, 6) is 5.13. The van der Waals surface area contributed by atoms with Gasteiger partial charge in [-0.3, -0.25) is 9.52 Å². The molecule has 7 nitrogen and oxygen atoms in total. The van der Waals surface area contributed by atoms with Gasteiger partial charge in [-0.1, -0.05) is 31.0 Å². The number of benzene rings is 2. The van der Waals surface area contributed by atoms with E-state index < -0.39 is 9.71 Å². The first-order valence-corrected chi connectivity index (χ1v) is 20.1. The van der Waals surface area contributed by atoms with E-state index in [4.69, 9.17) is 16.3 Å². The highest BCUT2D eigenvalue weighted by Gasteiger charge is 2.45. The zero-order chi connectivity index (χ0) is 32.9. The Kier molecular flexibility index (Phi) is 9.35. The fourth-order valence-electron chi connectivity index (χ4n) is 9.30. The summed E-state index contributed by atoms with van der Waals surface area (Å²) in [7, 11) is -2.95. The number of rotatable bonds is 1. The highest BCUT2D eigenvalue weighted by Crippen LogP contribution is 2.47. The van der Waals surface area contributed by atoms with Gasteiger partial charge in [-0.05, 0) is 143 Å². The molecule has 0 aromatic heterocycles.